The summed E-state index contributed by atoms with van der Waals surface area (Å²) in [5.41, 5.74) is 0.400. The first-order valence-electron chi connectivity index (χ1n) is 5.11. The Kier molecular flexibility index (Phi) is 5.13. The zero-order valence-corrected chi connectivity index (χ0v) is 11.1. The maximum absolute atomic E-state index is 12.0. The molecule has 0 aliphatic heterocycles. The summed E-state index contributed by atoms with van der Waals surface area (Å²) in [5, 5.41) is 10.1. The fourth-order valence-corrected chi connectivity index (χ4v) is 1.96. The van der Waals surface area contributed by atoms with Gasteiger partial charge in [0.2, 0.25) is 0 Å². The molecule has 0 aliphatic rings. The van der Waals surface area contributed by atoms with E-state index in [1.165, 1.54) is 24.1 Å². The van der Waals surface area contributed by atoms with Gasteiger partial charge in [0.05, 0.1) is 11.4 Å². The molecule has 18 heavy (non-hydrogen) atoms. The third kappa shape index (κ3) is 4.92. The molecule has 0 saturated carbocycles. The number of hydrogen-bond donors (Lipinski definition) is 1. The molecule has 0 spiro atoms. The molecule has 0 bridgehead atoms. The van der Waals surface area contributed by atoms with Gasteiger partial charge in [-0.2, -0.15) is 13.2 Å². The molecule has 0 heterocycles. The molecule has 0 fully saturated rings. The number of hydrogen-bond acceptors (Lipinski definition) is 2. The van der Waals surface area contributed by atoms with Gasteiger partial charge >= 0.3 is 6.18 Å². The first-order chi connectivity index (χ1) is 8.19. The Morgan fingerprint density at radius 1 is 1.28 bits per heavy atom. The van der Waals surface area contributed by atoms with Crippen molar-refractivity contribution in [3.8, 4) is 5.75 Å². The lowest BCUT2D eigenvalue weighted by Gasteiger charge is -2.18. The van der Waals surface area contributed by atoms with Crippen molar-refractivity contribution in [1.82, 2.24) is 4.90 Å². The van der Waals surface area contributed by atoms with E-state index in [1.807, 2.05) is 0 Å². The van der Waals surface area contributed by atoms with Crippen molar-refractivity contribution in [2.24, 2.45) is 0 Å². The quantitative estimate of drug-likeness (QED) is 0.905. The first kappa shape index (κ1) is 15.4. The van der Waals surface area contributed by atoms with Gasteiger partial charge in [-0.25, -0.2) is 0 Å². The van der Waals surface area contributed by atoms with Crippen LogP contribution in [0.4, 0.5) is 13.2 Å². The standard InChI is InChI=1S/C11H12Cl2F3NO/c1-17(3-2-11(14,15)16)6-7-4-8(12)5-9(13)10(7)18/h4-5,18H,2-3,6H2,1H3. The van der Waals surface area contributed by atoms with Gasteiger partial charge in [-0.15, -0.1) is 0 Å². The lowest BCUT2D eigenvalue weighted by molar-refractivity contribution is -0.137. The highest BCUT2D eigenvalue weighted by molar-refractivity contribution is 6.35. The predicted molar refractivity (Wildman–Crippen MR) is 65.1 cm³/mol. The summed E-state index contributed by atoms with van der Waals surface area (Å²) < 4.78 is 36.1. The monoisotopic (exact) mass is 301 g/mol. The zero-order chi connectivity index (χ0) is 13.9. The van der Waals surface area contributed by atoms with Crippen molar-refractivity contribution >= 4 is 23.2 Å². The highest BCUT2D eigenvalue weighted by atomic mass is 35.5. The van der Waals surface area contributed by atoms with E-state index in [9.17, 15) is 18.3 Å². The molecule has 0 aromatic heterocycles. The average molecular weight is 302 g/mol. The predicted octanol–water partition coefficient (Wildman–Crippen LogP) is 4.08. The van der Waals surface area contributed by atoms with E-state index >= 15 is 0 Å². The smallest absolute Gasteiger partial charge is 0.390 e. The molecular formula is C11H12Cl2F3NO. The number of phenols is 1. The molecule has 0 aliphatic carbocycles. The van der Waals surface area contributed by atoms with Crippen LogP contribution in [0.1, 0.15) is 12.0 Å². The van der Waals surface area contributed by atoms with Crippen LogP contribution in [0.3, 0.4) is 0 Å². The van der Waals surface area contributed by atoms with Crippen molar-refractivity contribution in [3.05, 3.63) is 27.7 Å². The fraction of sp³-hybridized carbons (Fsp3) is 0.455. The fourth-order valence-electron chi connectivity index (χ4n) is 1.43. The molecule has 2 nitrogen and oxygen atoms in total. The van der Waals surface area contributed by atoms with Crippen molar-refractivity contribution in [2.45, 2.75) is 19.1 Å². The Morgan fingerprint density at radius 3 is 2.44 bits per heavy atom. The second-order valence-corrected chi connectivity index (χ2v) is 4.84. The molecule has 7 heteroatoms. The van der Waals surface area contributed by atoms with E-state index in [2.05, 4.69) is 0 Å². The van der Waals surface area contributed by atoms with E-state index in [0.717, 1.165) is 0 Å². The zero-order valence-electron chi connectivity index (χ0n) is 9.56. The SMILES string of the molecule is CN(CCC(F)(F)F)Cc1cc(Cl)cc(Cl)c1O. The molecule has 1 aromatic rings. The summed E-state index contributed by atoms with van der Waals surface area (Å²) in [6, 6.07) is 2.85. The first-order valence-corrected chi connectivity index (χ1v) is 5.87. The Balaban J connectivity index is 2.67. The van der Waals surface area contributed by atoms with Gasteiger partial charge in [-0.05, 0) is 19.2 Å². The van der Waals surface area contributed by atoms with Crippen LogP contribution >= 0.6 is 23.2 Å². The minimum Gasteiger partial charge on any atom is -0.506 e. The second kappa shape index (κ2) is 5.99. The molecule has 1 rings (SSSR count). The largest absolute Gasteiger partial charge is 0.506 e. The topological polar surface area (TPSA) is 23.5 Å². The number of nitrogens with zero attached hydrogens (tertiary/aromatic N) is 1. The Morgan fingerprint density at radius 2 is 1.89 bits per heavy atom. The van der Waals surface area contributed by atoms with E-state index in [0.29, 0.717) is 10.6 Å². The van der Waals surface area contributed by atoms with Crippen LogP contribution in [0.5, 0.6) is 5.75 Å². The van der Waals surface area contributed by atoms with Crippen molar-refractivity contribution in [3.63, 3.8) is 0 Å². The summed E-state index contributed by atoms with van der Waals surface area (Å²) >= 11 is 11.5. The number of phenolic OH excluding ortho intramolecular Hbond substituents is 1. The van der Waals surface area contributed by atoms with Crippen molar-refractivity contribution in [2.75, 3.05) is 13.6 Å². The maximum atomic E-state index is 12.0. The van der Waals surface area contributed by atoms with Crippen LogP contribution in [0.15, 0.2) is 12.1 Å². The van der Waals surface area contributed by atoms with Crippen LogP contribution < -0.4 is 0 Å². The molecular weight excluding hydrogens is 290 g/mol. The summed E-state index contributed by atoms with van der Waals surface area (Å²) in [5.74, 6) is -0.153. The molecule has 1 aromatic carbocycles. The van der Waals surface area contributed by atoms with Crippen LogP contribution in [0, 0.1) is 0 Å². The van der Waals surface area contributed by atoms with Crippen molar-refractivity contribution < 1.29 is 18.3 Å². The third-order valence-electron chi connectivity index (χ3n) is 2.32. The average Bonchev–Trinajstić information content (AvgIpc) is 2.21. The van der Waals surface area contributed by atoms with Gasteiger partial charge in [0.15, 0.2) is 0 Å². The van der Waals surface area contributed by atoms with E-state index in [4.69, 9.17) is 23.2 Å². The molecule has 0 amide bonds. The summed E-state index contributed by atoms with van der Waals surface area (Å²) in [4.78, 5) is 1.44. The number of halogens is 5. The molecule has 0 radical (unpaired) electrons. The Hall–Kier alpha value is -0.650. The highest BCUT2D eigenvalue weighted by Gasteiger charge is 2.27. The summed E-state index contributed by atoms with van der Waals surface area (Å²) in [7, 11) is 1.53. The molecule has 102 valence electrons. The maximum Gasteiger partial charge on any atom is 0.390 e. The van der Waals surface area contributed by atoms with Crippen LogP contribution in [0.25, 0.3) is 0 Å². The normalized spacial score (nSPS) is 12.2. The van der Waals surface area contributed by atoms with Crippen LogP contribution in [-0.2, 0) is 6.54 Å². The lowest BCUT2D eigenvalue weighted by Crippen LogP contribution is -2.24. The Bertz CT molecular complexity index is 423. The number of aromatic hydroxyl groups is 1. The van der Waals surface area contributed by atoms with Crippen LogP contribution in [-0.4, -0.2) is 29.8 Å². The number of benzene rings is 1. The van der Waals surface area contributed by atoms with Gasteiger partial charge in [0, 0.05) is 23.7 Å². The lowest BCUT2D eigenvalue weighted by atomic mass is 10.2. The minimum absolute atomic E-state index is 0.0849. The summed E-state index contributed by atoms with van der Waals surface area (Å²) in [6.07, 6.45) is -5.10. The summed E-state index contributed by atoms with van der Waals surface area (Å²) in [6.45, 7) is -0.0186. The van der Waals surface area contributed by atoms with E-state index in [-0.39, 0.29) is 23.9 Å². The van der Waals surface area contributed by atoms with Crippen molar-refractivity contribution in [1.29, 1.82) is 0 Å². The minimum atomic E-state index is -4.19. The van der Waals surface area contributed by atoms with Gasteiger partial charge in [0.1, 0.15) is 5.75 Å². The molecule has 0 atom stereocenters. The Labute approximate surface area is 113 Å². The van der Waals surface area contributed by atoms with Gasteiger partial charge in [-0.3, -0.25) is 0 Å². The van der Waals surface area contributed by atoms with Gasteiger partial charge in [0.25, 0.3) is 0 Å². The molecule has 0 unspecified atom stereocenters. The molecule has 0 saturated heterocycles. The molecule has 1 N–H and O–H groups in total. The van der Waals surface area contributed by atoms with Gasteiger partial charge < -0.3 is 10.0 Å². The number of alkyl halides is 3. The van der Waals surface area contributed by atoms with E-state index in [1.54, 1.807) is 0 Å². The highest BCUT2D eigenvalue weighted by Crippen LogP contribution is 2.32. The van der Waals surface area contributed by atoms with Gasteiger partial charge in [-0.1, -0.05) is 23.2 Å². The third-order valence-corrected chi connectivity index (χ3v) is 2.83. The number of rotatable bonds is 4. The van der Waals surface area contributed by atoms with E-state index < -0.39 is 12.6 Å². The second-order valence-electron chi connectivity index (χ2n) is 4.00. The van der Waals surface area contributed by atoms with Crippen LogP contribution in [0.2, 0.25) is 10.0 Å².